The first kappa shape index (κ1) is 17.1. The lowest BCUT2D eigenvalue weighted by Gasteiger charge is -2.29. The molecule has 24 heavy (non-hydrogen) atoms. The minimum atomic E-state index is -0.723. The molecule has 1 aliphatic rings. The molecule has 1 aliphatic carbocycles. The van der Waals surface area contributed by atoms with Crippen LogP contribution in [0.3, 0.4) is 0 Å². The topological polar surface area (TPSA) is 35.5 Å². The highest BCUT2D eigenvalue weighted by Crippen LogP contribution is 2.45. The largest absolute Gasteiger partial charge is 0.383 e. The van der Waals surface area contributed by atoms with Gasteiger partial charge >= 0.3 is 0 Å². The van der Waals surface area contributed by atoms with E-state index in [1.54, 1.807) is 14.2 Å². The van der Waals surface area contributed by atoms with Crippen LogP contribution in [0.15, 0.2) is 30.3 Å². The van der Waals surface area contributed by atoms with Crippen molar-refractivity contribution in [3.05, 3.63) is 47.0 Å². The van der Waals surface area contributed by atoms with Gasteiger partial charge in [-0.2, -0.15) is 0 Å². The lowest BCUT2D eigenvalue weighted by atomic mass is 9.78. The van der Waals surface area contributed by atoms with E-state index in [9.17, 15) is 4.79 Å². The van der Waals surface area contributed by atoms with E-state index in [0.717, 1.165) is 34.7 Å². The van der Waals surface area contributed by atoms with E-state index >= 15 is 0 Å². The number of rotatable bonds is 7. The third-order valence-corrected chi connectivity index (χ3v) is 5.06. The van der Waals surface area contributed by atoms with Crippen molar-refractivity contribution >= 4 is 16.6 Å². The summed E-state index contributed by atoms with van der Waals surface area (Å²) >= 11 is 0. The fraction of sp³-hybridized carbons (Fsp3) is 0.476. The van der Waals surface area contributed by atoms with E-state index in [1.807, 2.05) is 12.1 Å². The average molecular weight is 326 g/mol. The van der Waals surface area contributed by atoms with Gasteiger partial charge in [0.15, 0.2) is 5.78 Å². The maximum absolute atomic E-state index is 13.3. The van der Waals surface area contributed by atoms with Crippen LogP contribution in [0.1, 0.15) is 41.8 Å². The van der Waals surface area contributed by atoms with Gasteiger partial charge in [-0.3, -0.25) is 4.79 Å². The second-order valence-corrected chi connectivity index (χ2v) is 7.21. The summed E-state index contributed by atoms with van der Waals surface area (Å²) in [5.74, 6) is 0.753. The third kappa shape index (κ3) is 2.56. The maximum atomic E-state index is 13.3. The van der Waals surface area contributed by atoms with E-state index in [2.05, 4.69) is 32.0 Å². The second-order valence-electron chi connectivity index (χ2n) is 7.21. The van der Waals surface area contributed by atoms with Crippen molar-refractivity contribution < 1.29 is 14.3 Å². The Morgan fingerprint density at radius 3 is 2.38 bits per heavy atom. The molecule has 0 saturated heterocycles. The molecule has 0 aromatic heterocycles. The SMILES string of the molecule is COCC1(COC)C(=O)c2cccc3ccc(CCC(C)C)c1c23. The summed E-state index contributed by atoms with van der Waals surface area (Å²) in [5.41, 5.74) is 2.47. The van der Waals surface area contributed by atoms with Gasteiger partial charge in [0, 0.05) is 19.8 Å². The standard InChI is InChI=1S/C21H26O3/c1-14(2)8-9-16-11-10-15-6-5-7-17-18(15)19(16)21(12-23-3,13-24-4)20(17)22/h5-7,10-11,14H,8-9,12-13H2,1-4H3. The molecule has 0 radical (unpaired) electrons. The minimum absolute atomic E-state index is 0.129. The van der Waals surface area contributed by atoms with E-state index in [0.29, 0.717) is 19.1 Å². The second kappa shape index (κ2) is 6.66. The van der Waals surface area contributed by atoms with Crippen molar-refractivity contribution in [1.82, 2.24) is 0 Å². The van der Waals surface area contributed by atoms with E-state index in [1.165, 1.54) is 5.56 Å². The number of Topliss-reactive ketones (excluding diaryl/α,β-unsaturated/α-hetero) is 1. The van der Waals surface area contributed by atoms with Gasteiger partial charge in [-0.15, -0.1) is 0 Å². The van der Waals surface area contributed by atoms with Gasteiger partial charge in [-0.25, -0.2) is 0 Å². The first-order valence-corrected chi connectivity index (χ1v) is 8.63. The Morgan fingerprint density at radius 2 is 1.75 bits per heavy atom. The van der Waals surface area contributed by atoms with Crippen molar-refractivity contribution in [3.8, 4) is 0 Å². The van der Waals surface area contributed by atoms with E-state index in [4.69, 9.17) is 9.47 Å². The maximum Gasteiger partial charge on any atom is 0.178 e. The van der Waals surface area contributed by atoms with Gasteiger partial charge < -0.3 is 9.47 Å². The van der Waals surface area contributed by atoms with Gasteiger partial charge in [0.05, 0.1) is 13.2 Å². The van der Waals surface area contributed by atoms with Crippen molar-refractivity contribution in [2.75, 3.05) is 27.4 Å². The van der Waals surface area contributed by atoms with Gasteiger partial charge in [0.2, 0.25) is 0 Å². The molecule has 2 aromatic rings. The number of hydrogen-bond acceptors (Lipinski definition) is 3. The number of methoxy groups -OCH3 is 2. The highest BCUT2D eigenvalue weighted by atomic mass is 16.5. The molecule has 3 rings (SSSR count). The number of aryl methyl sites for hydroxylation is 1. The molecule has 2 aromatic carbocycles. The minimum Gasteiger partial charge on any atom is -0.383 e. The van der Waals surface area contributed by atoms with Crippen LogP contribution in [-0.2, 0) is 21.3 Å². The molecule has 0 heterocycles. The molecule has 0 aliphatic heterocycles. The van der Waals surface area contributed by atoms with Crippen LogP contribution in [0.25, 0.3) is 10.8 Å². The van der Waals surface area contributed by atoms with Gasteiger partial charge in [-0.05, 0) is 40.7 Å². The van der Waals surface area contributed by atoms with Crippen molar-refractivity contribution in [1.29, 1.82) is 0 Å². The summed E-state index contributed by atoms with van der Waals surface area (Å²) in [4.78, 5) is 13.3. The molecule has 0 N–H and O–H groups in total. The first-order chi connectivity index (χ1) is 11.5. The number of ketones is 1. The summed E-state index contributed by atoms with van der Waals surface area (Å²) in [6, 6.07) is 10.3. The summed E-state index contributed by atoms with van der Waals surface area (Å²) in [5, 5.41) is 2.22. The Bertz CT molecular complexity index is 755. The smallest absolute Gasteiger partial charge is 0.178 e. The Labute approximate surface area is 144 Å². The molecule has 3 nitrogen and oxygen atoms in total. The molecular formula is C21H26O3. The zero-order valence-corrected chi connectivity index (χ0v) is 15.0. The zero-order chi connectivity index (χ0) is 17.3. The molecule has 3 heteroatoms. The van der Waals surface area contributed by atoms with Crippen molar-refractivity contribution in [3.63, 3.8) is 0 Å². The van der Waals surface area contributed by atoms with Crippen LogP contribution in [0.2, 0.25) is 0 Å². The number of carbonyl (C=O) groups excluding carboxylic acids is 1. The lowest BCUT2D eigenvalue weighted by molar-refractivity contribution is 0.0480. The number of carbonyl (C=O) groups is 1. The fourth-order valence-electron chi connectivity index (χ4n) is 3.99. The Kier molecular flexibility index (Phi) is 4.75. The van der Waals surface area contributed by atoms with Crippen LogP contribution in [0.5, 0.6) is 0 Å². The third-order valence-electron chi connectivity index (χ3n) is 5.06. The van der Waals surface area contributed by atoms with Crippen LogP contribution in [0, 0.1) is 5.92 Å². The number of hydrogen-bond donors (Lipinski definition) is 0. The summed E-state index contributed by atoms with van der Waals surface area (Å²) in [6.45, 7) is 5.16. The molecule has 0 bridgehead atoms. The van der Waals surface area contributed by atoms with Gasteiger partial charge in [-0.1, -0.05) is 44.2 Å². The summed E-state index contributed by atoms with van der Waals surface area (Å²) in [7, 11) is 3.31. The quantitative estimate of drug-likeness (QED) is 0.766. The molecule has 0 amide bonds. The van der Waals surface area contributed by atoms with Crippen LogP contribution < -0.4 is 0 Å². The number of ether oxygens (including phenoxy) is 2. The van der Waals surface area contributed by atoms with Gasteiger partial charge in [0.1, 0.15) is 5.41 Å². The van der Waals surface area contributed by atoms with Crippen LogP contribution in [-0.4, -0.2) is 33.2 Å². The Morgan fingerprint density at radius 1 is 1.04 bits per heavy atom. The molecule has 0 spiro atoms. The number of benzene rings is 2. The Balaban J connectivity index is 2.25. The van der Waals surface area contributed by atoms with Crippen LogP contribution in [0.4, 0.5) is 0 Å². The monoisotopic (exact) mass is 326 g/mol. The molecular weight excluding hydrogens is 300 g/mol. The van der Waals surface area contributed by atoms with Gasteiger partial charge in [0.25, 0.3) is 0 Å². The lowest BCUT2D eigenvalue weighted by Crippen LogP contribution is -2.42. The highest BCUT2D eigenvalue weighted by molar-refractivity contribution is 6.21. The van der Waals surface area contributed by atoms with Crippen LogP contribution >= 0.6 is 0 Å². The molecule has 0 atom stereocenters. The fourth-order valence-corrected chi connectivity index (χ4v) is 3.99. The average Bonchev–Trinajstić information content (AvgIpc) is 2.80. The predicted molar refractivity (Wildman–Crippen MR) is 96.9 cm³/mol. The normalized spacial score (nSPS) is 15.6. The van der Waals surface area contributed by atoms with E-state index < -0.39 is 5.41 Å². The molecule has 0 unspecified atom stereocenters. The molecule has 0 saturated carbocycles. The Hall–Kier alpha value is -1.71. The summed E-state index contributed by atoms with van der Waals surface area (Å²) in [6.07, 6.45) is 2.07. The predicted octanol–water partition coefficient (Wildman–Crippen LogP) is 4.16. The first-order valence-electron chi connectivity index (χ1n) is 8.63. The van der Waals surface area contributed by atoms with Crippen molar-refractivity contribution in [2.24, 2.45) is 5.92 Å². The summed E-state index contributed by atoms with van der Waals surface area (Å²) < 4.78 is 11.0. The zero-order valence-electron chi connectivity index (χ0n) is 15.0. The molecule has 0 fully saturated rings. The van der Waals surface area contributed by atoms with E-state index in [-0.39, 0.29) is 5.78 Å². The molecule has 128 valence electrons. The van der Waals surface area contributed by atoms with Crippen molar-refractivity contribution in [2.45, 2.75) is 32.1 Å². The highest BCUT2D eigenvalue weighted by Gasteiger charge is 2.49.